The molecule has 2 bridgehead atoms. The van der Waals surface area contributed by atoms with Gasteiger partial charge in [0.2, 0.25) is 0 Å². The van der Waals surface area contributed by atoms with E-state index in [-0.39, 0.29) is 23.4 Å². The van der Waals surface area contributed by atoms with Gasteiger partial charge in [-0.05, 0) is 69.6 Å². The summed E-state index contributed by atoms with van der Waals surface area (Å²) in [5.74, 6) is 0.0972. The minimum absolute atomic E-state index is 0.0268. The topological polar surface area (TPSA) is 91.3 Å². The maximum atomic E-state index is 12.8. The largest absolute Gasteiger partial charge is 0.457 e. The summed E-state index contributed by atoms with van der Waals surface area (Å²) in [7, 11) is 0. The summed E-state index contributed by atoms with van der Waals surface area (Å²) in [4.78, 5) is 25.1. The summed E-state index contributed by atoms with van der Waals surface area (Å²) in [5, 5.41) is 8.87. The number of hydrogen-bond donors (Lipinski definition) is 1. The molecule has 4 fully saturated rings. The Bertz CT molecular complexity index is 862. The first kappa shape index (κ1) is 31.2. The zero-order valence-corrected chi connectivity index (χ0v) is 25.6. The minimum atomic E-state index is -0.852. The number of aldehydes is 1. The van der Waals surface area contributed by atoms with Crippen LogP contribution in [-0.2, 0) is 28.5 Å². The number of fused-ring (bicyclic) bond motifs is 4. The highest BCUT2D eigenvalue weighted by molar-refractivity contribution is 6.22. The van der Waals surface area contributed by atoms with Gasteiger partial charge in [-0.3, -0.25) is 0 Å². The Balaban J connectivity index is 1.74. The Morgan fingerprint density at radius 3 is 2.41 bits per heavy atom. The third kappa shape index (κ3) is 5.11. The first-order valence-electron chi connectivity index (χ1n) is 15.4. The van der Waals surface area contributed by atoms with Gasteiger partial charge >= 0.3 is 5.97 Å². The van der Waals surface area contributed by atoms with E-state index in [0.29, 0.717) is 24.9 Å². The molecule has 4 rings (SSSR count). The summed E-state index contributed by atoms with van der Waals surface area (Å²) < 4.78 is 26.2. The Hall–Kier alpha value is -0.730. The smallest absolute Gasteiger partial charge is 0.332 e. The molecule has 2 saturated carbocycles. The Kier molecular flexibility index (Phi) is 9.80. The minimum Gasteiger partial charge on any atom is -0.457 e. The van der Waals surface area contributed by atoms with Gasteiger partial charge in [0.15, 0.2) is 0 Å². The lowest BCUT2D eigenvalue weighted by molar-refractivity contribution is -0.308. The molecule has 4 aliphatic rings. The lowest BCUT2D eigenvalue weighted by Crippen LogP contribution is -2.68. The second-order valence-electron chi connectivity index (χ2n) is 13.1. The molecule has 1 N–H and O–H groups in total. The van der Waals surface area contributed by atoms with Gasteiger partial charge in [-0.25, -0.2) is 4.79 Å². The maximum Gasteiger partial charge on any atom is 0.332 e. The number of carbonyl (C=O) groups excluding carboxylic acids is 2. The molecule has 39 heavy (non-hydrogen) atoms. The second-order valence-corrected chi connectivity index (χ2v) is 13.6. The molecular weight excluding hydrogens is 520 g/mol. The number of esters is 1. The average Bonchev–Trinajstić information content (AvgIpc) is 3.42. The van der Waals surface area contributed by atoms with Crippen molar-refractivity contribution in [2.24, 2.45) is 29.1 Å². The van der Waals surface area contributed by atoms with E-state index in [1.54, 1.807) is 0 Å². The lowest BCUT2D eigenvalue weighted by Gasteiger charge is -2.60. The van der Waals surface area contributed by atoms with E-state index in [4.69, 9.17) is 30.5 Å². The van der Waals surface area contributed by atoms with Crippen molar-refractivity contribution in [3.05, 3.63) is 0 Å². The van der Waals surface area contributed by atoms with Crippen LogP contribution in [0.5, 0.6) is 0 Å². The van der Waals surface area contributed by atoms with E-state index >= 15 is 0 Å². The summed E-state index contributed by atoms with van der Waals surface area (Å²) in [5.41, 5.74) is -1.76. The number of aliphatic hydroxyl groups is 1. The monoisotopic (exact) mass is 570 g/mol. The molecule has 0 aromatic heterocycles. The second kappa shape index (κ2) is 12.2. The molecule has 224 valence electrons. The summed E-state index contributed by atoms with van der Waals surface area (Å²) in [6, 6.07) is 0. The van der Waals surface area contributed by atoms with Crippen LogP contribution in [0.2, 0.25) is 0 Å². The molecule has 0 amide bonds. The lowest BCUT2D eigenvalue weighted by atomic mass is 9.57. The van der Waals surface area contributed by atoms with Crippen LogP contribution in [0.15, 0.2) is 0 Å². The van der Waals surface area contributed by atoms with Crippen LogP contribution in [0, 0.1) is 29.1 Å². The number of carbonyl (C=O) groups is 2. The van der Waals surface area contributed by atoms with Crippen molar-refractivity contribution in [1.82, 2.24) is 0 Å². The van der Waals surface area contributed by atoms with Gasteiger partial charge in [0.1, 0.15) is 36.3 Å². The van der Waals surface area contributed by atoms with Gasteiger partial charge in [0, 0.05) is 18.4 Å². The predicted octanol–water partition coefficient (Wildman–Crippen LogP) is 5.47. The van der Waals surface area contributed by atoms with Crippen LogP contribution in [0.3, 0.4) is 0 Å². The molecule has 2 aliphatic carbocycles. The van der Waals surface area contributed by atoms with Crippen molar-refractivity contribution in [2.75, 3.05) is 13.2 Å². The highest BCUT2D eigenvalue weighted by atomic mass is 35.5. The SMILES string of the molecule is CCOC(C1CCCCC1)C(Cl)C(C=O)OC1C2(C(C)C)CC(OC(=O)CO)C(C)(O2)C2CCC(C)C21CC. The van der Waals surface area contributed by atoms with Crippen molar-refractivity contribution in [3.63, 3.8) is 0 Å². The van der Waals surface area contributed by atoms with Gasteiger partial charge in [-0.15, -0.1) is 11.6 Å². The number of hydrogen-bond acceptors (Lipinski definition) is 7. The number of ether oxygens (including phenoxy) is 4. The molecule has 8 heteroatoms. The van der Waals surface area contributed by atoms with Gasteiger partial charge in [-0.2, -0.15) is 0 Å². The molecule has 0 radical (unpaired) electrons. The normalized spacial score (nSPS) is 40.7. The number of rotatable bonds is 12. The molecule has 10 atom stereocenters. The first-order valence-corrected chi connectivity index (χ1v) is 15.9. The van der Waals surface area contributed by atoms with Crippen LogP contribution in [0.4, 0.5) is 0 Å². The van der Waals surface area contributed by atoms with Crippen molar-refractivity contribution in [2.45, 2.75) is 140 Å². The molecule has 7 nitrogen and oxygen atoms in total. The third-order valence-electron chi connectivity index (χ3n) is 11.2. The van der Waals surface area contributed by atoms with Gasteiger partial charge in [0.25, 0.3) is 0 Å². The van der Waals surface area contributed by atoms with Crippen molar-refractivity contribution < 1.29 is 33.6 Å². The first-order chi connectivity index (χ1) is 18.5. The number of halogens is 1. The molecule has 0 aromatic rings. The van der Waals surface area contributed by atoms with Crippen molar-refractivity contribution >= 4 is 23.9 Å². The van der Waals surface area contributed by atoms with E-state index < -0.39 is 47.5 Å². The van der Waals surface area contributed by atoms with Gasteiger partial charge in [0.05, 0.1) is 17.6 Å². The Morgan fingerprint density at radius 1 is 1.15 bits per heavy atom. The molecule has 10 unspecified atom stereocenters. The van der Waals surface area contributed by atoms with E-state index in [1.165, 1.54) is 6.42 Å². The standard InChI is InChI=1S/C31H51ClO7/c1-7-30-20(5)14-15-23(30)29(6)24(38-25(35)18-34)16-31(39-29,19(3)4)28(30)37-22(17-33)26(32)27(36-8-2)21-12-10-9-11-13-21/h17,19-24,26-28,34H,7-16,18H2,1-6H3. The molecule has 2 saturated heterocycles. The van der Waals surface area contributed by atoms with Crippen LogP contribution < -0.4 is 0 Å². The van der Waals surface area contributed by atoms with Gasteiger partial charge < -0.3 is 28.8 Å². The predicted molar refractivity (Wildman–Crippen MR) is 150 cm³/mol. The molecular formula is C31H51ClO7. The summed E-state index contributed by atoms with van der Waals surface area (Å²) >= 11 is 7.16. The highest BCUT2D eigenvalue weighted by Crippen LogP contribution is 2.70. The van der Waals surface area contributed by atoms with E-state index in [9.17, 15) is 14.7 Å². The van der Waals surface area contributed by atoms with Crippen molar-refractivity contribution in [1.29, 1.82) is 0 Å². The van der Waals surface area contributed by atoms with Crippen LogP contribution in [0.1, 0.15) is 99.3 Å². The van der Waals surface area contributed by atoms with Crippen LogP contribution in [0.25, 0.3) is 0 Å². The number of aliphatic hydroxyl groups excluding tert-OH is 1. The fraction of sp³-hybridized carbons (Fsp3) is 0.935. The summed E-state index contributed by atoms with van der Waals surface area (Å²) in [6.07, 6.45) is 7.72. The Labute approximate surface area is 240 Å². The number of alkyl halides is 1. The molecule has 2 heterocycles. The highest BCUT2D eigenvalue weighted by Gasteiger charge is 2.76. The van der Waals surface area contributed by atoms with Crippen LogP contribution in [-0.4, -0.2) is 71.6 Å². The van der Waals surface area contributed by atoms with Crippen molar-refractivity contribution in [3.8, 4) is 0 Å². The Morgan fingerprint density at radius 2 is 1.85 bits per heavy atom. The molecule has 0 aromatic carbocycles. The van der Waals surface area contributed by atoms with E-state index in [0.717, 1.165) is 51.2 Å². The maximum absolute atomic E-state index is 12.8. The van der Waals surface area contributed by atoms with E-state index in [2.05, 4.69) is 34.6 Å². The molecule has 2 aliphatic heterocycles. The van der Waals surface area contributed by atoms with Crippen LogP contribution >= 0.6 is 11.6 Å². The molecule has 0 spiro atoms. The fourth-order valence-corrected chi connectivity index (χ4v) is 9.58. The van der Waals surface area contributed by atoms with E-state index in [1.807, 2.05) is 6.92 Å². The third-order valence-corrected chi connectivity index (χ3v) is 11.6. The van der Waals surface area contributed by atoms with Gasteiger partial charge in [-0.1, -0.05) is 47.0 Å². The summed E-state index contributed by atoms with van der Waals surface area (Å²) in [6.45, 7) is 12.7. The fourth-order valence-electron chi connectivity index (χ4n) is 9.18. The quantitative estimate of drug-likeness (QED) is 0.189. The average molecular weight is 571 g/mol. The zero-order valence-electron chi connectivity index (χ0n) is 24.8. The zero-order chi connectivity index (χ0) is 28.6.